The van der Waals surface area contributed by atoms with Gasteiger partial charge in [0.05, 0.1) is 6.33 Å². The van der Waals surface area contributed by atoms with Crippen LogP contribution in [0.15, 0.2) is 30.0 Å². The Morgan fingerprint density at radius 1 is 1.45 bits per heavy atom. The van der Waals surface area contributed by atoms with Gasteiger partial charge in [0.1, 0.15) is 0 Å². The van der Waals surface area contributed by atoms with Crippen molar-refractivity contribution in [3.05, 3.63) is 40.6 Å². The van der Waals surface area contributed by atoms with E-state index in [4.69, 9.17) is 0 Å². The summed E-state index contributed by atoms with van der Waals surface area (Å²) in [6, 6.07) is 4.83. The Hall–Kier alpha value is -1.13. The van der Waals surface area contributed by atoms with Crippen LogP contribution in [0.4, 0.5) is 0 Å². The summed E-state index contributed by atoms with van der Waals surface area (Å²) in [5.74, 6) is 0. The van der Waals surface area contributed by atoms with Crippen molar-refractivity contribution in [2.45, 2.75) is 44.6 Å². The summed E-state index contributed by atoms with van der Waals surface area (Å²) >= 11 is 1.85. The minimum atomic E-state index is 0.269. The Bertz CT molecular complexity index is 538. The normalized spacial score (nSPS) is 19.9. The van der Waals surface area contributed by atoms with Crippen molar-refractivity contribution < 1.29 is 0 Å². The van der Waals surface area contributed by atoms with E-state index in [1.54, 1.807) is 0 Å². The van der Waals surface area contributed by atoms with Gasteiger partial charge in [-0.05, 0) is 44.3 Å². The van der Waals surface area contributed by atoms with Gasteiger partial charge >= 0.3 is 0 Å². The summed E-state index contributed by atoms with van der Waals surface area (Å²) in [7, 11) is 0. The van der Waals surface area contributed by atoms with Crippen LogP contribution in [-0.4, -0.2) is 22.6 Å². The molecule has 20 heavy (non-hydrogen) atoms. The molecule has 3 heterocycles. The van der Waals surface area contributed by atoms with Crippen LogP contribution in [0.3, 0.4) is 0 Å². The molecule has 3 nitrogen and oxygen atoms in total. The van der Waals surface area contributed by atoms with Crippen LogP contribution >= 0.6 is 11.3 Å². The number of imidazole rings is 1. The predicted octanol–water partition coefficient (Wildman–Crippen LogP) is 3.39. The van der Waals surface area contributed by atoms with Crippen LogP contribution in [0.25, 0.3) is 0 Å². The lowest BCUT2D eigenvalue weighted by Gasteiger charge is -2.35. The Labute approximate surface area is 125 Å². The van der Waals surface area contributed by atoms with Crippen molar-refractivity contribution in [3.63, 3.8) is 0 Å². The fourth-order valence-corrected chi connectivity index (χ4v) is 4.00. The Morgan fingerprint density at radius 2 is 2.25 bits per heavy atom. The van der Waals surface area contributed by atoms with E-state index in [0.717, 1.165) is 19.5 Å². The van der Waals surface area contributed by atoms with Crippen LogP contribution in [0, 0.1) is 0 Å². The third-order valence-electron chi connectivity index (χ3n) is 4.54. The van der Waals surface area contributed by atoms with Crippen LogP contribution in [0.5, 0.6) is 0 Å². The van der Waals surface area contributed by atoms with Crippen molar-refractivity contribution in [2.24, 2.45) is 0 Å². The molecule has 0 amide bonds. The summed E-state index contributed by atoms with van der Waals surface area (Å²) in [6.45, 7) is 6.91. The van der Waals surface area contributed by atoms with Gasteiger partial charge in [-0.2, -0.15) is 0 Å². The number of nitrogens with zero attached hydrogens (tertiary/aromatic N) is 2. The number of rotatable bonds is 4. The average molecular weight is 289 g/mol. The van der Waals surface area contributed by atoms with Crippen LogP contribution in [0.1, 0.15) is 43.3 Å². The molecule has 0 aliphatic carbocycles. The maximum absolute atomic E-state index is 4.44. The zero-order valence-electron chi connectivity index (χ0n) is 12.3. The lowest BCUT2D eigenvalue weighted by Crippen LogP contribution is -2.39. The molecule has 1 fully saturated rings. The SMILES string of the molecule is CC(Cc1cccs1)n1cncc1C1(C)CCNCC1. The van der Waals surface area contributed by atoms with Crippen molar-refractivity contribution in [3.8, 4) is 0 Å². The van der Waals surface area contributed by atoms with Crippen molar-refractivity contribution in [2.75, 3.05) is 13.1 Å². The molecule has 2 aromatic heterocycles. The molecule has 1 aliphatic heterocycles. The van der Waals surface area contributed by atoms with E-state index in [9.17, 15) is 0 Å². The minimum Gasteiger partial charge on any atom is -0.331 e. The van der Waals surface area contributed by atoms with Crippen molar-refractivity contribution in [1.82, 2.24) is 14.9 Å². The Morgan fingerprint density at radius 3 is 2.95 bits per heavy atom. The molecule has 0 bridgehead atoms. The van der Waals surface area contributed by atoms with Gasteiger partial charge in [-0.3, -0.25) is 0 Å². The first-order valence-electron chi connectivity index (χ1n) is 7.44. The topological polar surface area (TPSA) is 29.9 Å². The maximum atomic E-state index is 4.44. The standard InChI is InChI=1S/C16H23N3S/c1-13(10-14-4-3-9-20-14)19-12-18-11-15(19)16(2)5-7-17-8-6-16/h3-4,9,11-13,17H,5-8,10H2,1-2H3. The van der Waals surface area contributed by atoms with E-state index in [-0.39, 0.29) is 5.41 Å². The van der Waals surface area contributed by atoms with Crippen molar-refractivity contribution >= 4 is 11.3 Å². The average Bonchev–Trinajstić information content (AvgIpc) is 3.10. The number of piperidine rings is 1. The lowest BCUT2D eigenvalue weighted by atomic mass is 9.78. The van der Waals surface area contributed by atoms with Gasteiger partial charge in [-0.25, -0.2) is 4.98 Å². The monoisotopic (exact) mass is 289 g/mol. The first-order valence-corrected chi connectivity index (χ1v) is 8.32. The number of aromatic nitrogens is 2. The maximum Gasteiger partial charge on any atom is 0.0950 e. The molecule has 1 saturated heterocycles. The van der Waals surface area contributed by atoms with Crippen LogP contribution in [0.2, 0.25) is 0 Å². The summed E-state index contributed by atoms with van der Waals surface area (Å²) < 4.78 is 2.39. The Balaban J connectivity index is 1.82. The van der Waals surface area contributed by atoms with E-state index < -0.39 is 0 Å². The van der Waals surface area contributed by atoms with Gasteiger partial charge in [0.2, 0.25) is 0 Å². The summed E-state index contributed by atoms with van der Waals surface area (Å²) in [6.07, 6.45) is 7.58. The Kier molecular flexibility index (Phi) is 3.94. The molecule has 3 rings (SSSR count). The molecular formula is C16H23N3S. The van der Waals surface area contributed by atoms with E-state index >= 15 is 0 Å². The molecule has 0 aromatic carbocycles. The molecule has 1 aliphatic rings. The molecular weight excluding hydrogens is 266 g/mol. The fourth-order valence-electron chi connectivity index (χ4n) is 3.18. The third-order valence-corrected chi connectivity index (χ3v) is 5.44. The van der Waals surface area contributed by atoms with Crippen molar-refractivity contribution in [1.29, 1.82) is 0 Å². The molecule has 108 valence electrons. The highest BCUT2D eigenvalue weighted by Crippen LogP contribution is 2.34. The molecule has 0 radical (unpaired) electrons. The van der Waals surface area contributed by atoms with Gasteiger partial charge < -0.3 is 9.88 Å². The quantitative estimate of drug-likeness (QED) is 0.935. The molecule has 1 N–H and O–H groups in total. The zero-order valence-corrected chi connectivity index (χ0v) is 13.1. The second kappa shape index (κ2) is 5.70. The van der Waals surface area contributed by atoms with Crippen LogP contribution in [-0.2, 0) is 11.8 Å². The molecule has 1 atom stereocenters. The summed E-state index contributed by atoms with van der Waals surface area (Å²) in [4.78, 5) is 5.89. The lowest BCUT2D eigenvalue weighted by molar-refractivity contribution is 0.309. The molecule has 2 aromatic rings. The molecule has 1 unspecified atom stereocenters. The minimum absolute atomic E-state index is 0.269. The highest BCUT2D eigenvalue weighted by molar-refractivity contribution is 7.09. The molecule has 4 heteroatoms. The number of hydrogen-bond donors (Lipinski definition) is 1. The third kappa shape index (κ3) is 2.67. The second-order valence-corrected chi connectivity index (χ2v) is 7.16. The highest BCUT2D eigenvalue weighted by atomic mass is 32.1. The second-order valence-electron chi connectivity index (χ2n) is 6.13. The van der Waals surface area contributed by atoms with E-state index in [1.807, 2.05) is 17.7 Å². The number of hydrogen-bond acceptors (Lipinski definition) is 3. The summed E-state index contributed by atoms with van der Waals surface area (Å²) in [5.41, 5.74) is 1.67. The number of thiophene rings is 1. The highest BCUT2D eigenvalue weighted by Gasteiger charge is 2.32. The fraction of sp³-hybridized carbons (Fsp3) is 0.562. The van der Waals surface area contributed by atoms with E-state index in [1.165, 1.54) is 23.4 Å². The van der Waals surface area contributed by atoms with Gasteiger partial charge in [0, 0.05) is 34.6 Å². The zero-order chi connectivity index (χ0) is 14.0. The summed E-state index contributed by atoms with van der Waals surface area (Å²) in [5, 5.41) is 5.62. The van der Waals surface area contributed by atoms with Crippen LogP contribution < -0.4 is 5.32 Å². The predicted molar refractivity (Wildman–Crippen MR) is 84.4 cm³/mol. The number of nitrogens with one attached hydrogen (secondary N) is 1. The van der Waals surface area contributed by atoms with Gasteiger partial charge in [-0.15, -0.1) is 11.3 Å². The molecule has 0 saturated carbocycles. The van der Waals surface area contributed by atoms with Gasteiger partial charge in [0.15, 0.2) is 0 Å². The van der Waals surface area contributed by atoms with E-state index in [0.29, 0.717) is 6.04 Å². The first kappa shape index (κ1) is 13.8. The first-order chi connectivity index (χ1) is 9.69. The van der Waals surface area contributed by atoms with E-state index in [2.05, 4.69) is 52.4 Å². The largest absolute Gasteiger partial charge is 0.331 e. The van der Waals surface area contributed by atoms with Gasteiger partial charge in [-0.1, -0.05) is 13.0 Å². The molecule has 0 spiro atoms. The van der Waals surface area contributed by atoms with Gasteiger partial charge in [0.25, 0.3) is 0 Å². The smallest absolute Gasteiger partial charge is 0.0950 e.